The van der Waals surface area contributed by atoms with Crippen molar-refractivity contribution in [3.8, 4) is 0 Å². The normalized spacial score (nSPS) is 44.1. The van der Waals surface area contributed by atoms with E-state index in [1.165, 1.54) is 51.6 Å². The lowest BCUT2D eigenvalue weighted by atomic mass is 9.84. The van der Waals surface area contributed by atoms with Crippen molar-refractivity contribution in [3.63, 3.8) is 0 Å². The van der Waals surface area contributed by atoms with Crippen LogP contribution in [-0.2, 0) is 4.79 Å². The third-order valence-electron chi connectivity index (χ3n) is 6.23. The van der Waals surface area contributed by atoms with Crippen LogP contribution in [0.15, 0.2) is 0 Å². The first-order chi connectivity index (χ1) is 9.72. The van der Waals surface area contributed by atoms with Gasteiger partial charge < -0.3 is 16.0 Å². The van der Waals surface area contributed by atoms with E-state index in [2.05, 4.69) is 10.2 Å². The lowest BCUT2D eigenvalue weighted by Gasteiger charge is -2.27. The Labute approximate surface area is 121 Å². The highest BCUT2D eigenvalue weighted by Crippen LogP contribution is 2.47. The Kier molecular flexibility index (Phi) is 3.26. The van der Waals surface area contributed by atoms with Crippen molar-refractivity contribution >= 4 is 5.91 Å². The molecule has 1 saturated heterocycles. The van der Waals surface area contributed by atoms with E-state index in [1.807, 2.05) is 0 Å². The van der Waals surface area contributed by atoms with Crippen molar-refractivity contribution in [2.24, 2.45) is 29.4 Å². The molecule has 3 N–H and O–H groups in total. The summed E-state index contributed by atoms with van der Waals surface area (Å²) < 4.78 is 0. The summed E-state index contributed by atoms with van der Waals surface area (Å²) in [7, 11) is 0. The SMILES string of the molecule is NC1C2CCC(C2)C1C(=O)NCC1CCN(C2CC2)C1. The summed E-state index contributed by atoms with van der Waals surface area (Å²) in [6.45, 7) is 3.29. The highest BCUT2D eigenvalue weighted by atomic mass is 16.1. The standard InChI is InChI=1S/C16H27N3O/c17-15-12-2-1-11(7-12)14(15)16(20)18-8-10-5-6-19(9-10)13-3-4-13/h10-15H,1-9,17H2,(H,18,20). The molecule has 0 aromatic carbocycles. The van der Waals surface area contributed by atoms with Gasteiger partial charge in [-0.05, 0) is 62.8 Å². The quantitative estimate of drug-likeness (QED) is 0.805. The molecule has 20 heavy (non-hydrogen) atoms. The van der Waals surface area contributed by atoms with E-state index in [1.54, 1.807) is 0 Å². The number of carbonyl (C=O) groups excluding carboxylic acids is 1. The first-order valence-corrected chi connectivity index (χ1v) is 8.49. The van der Waals surface area contributed by atoms with Gasteiger partial charge in [-0.3, -0.25) is 4.79 Å². The minimum atomic E-state index is 0.106. The predicted octanol–water partition coefficient (Wildman–Crippen LogP) is 0.960. The number of nitrogens with zero attached hydrogens (tertiary/aromatic N) is 1. The maximum atomic E-state index is 12.4. The molecule has 3 saturated carbocycles. The van der Waals surface area contributed by atoms with Crippen molar-refractivity contribution in [1.29, 1.82) is 0 Å². The van der Waals surface area contributed by atoms with Crippen LogP contribution in [0.1, 0.15) is 38.5 Å². The lowest BCUT2D eigenvalue weighted by Crippen LogP contribution is -2.46. The fourth-order valence-electron chi connectivity index (χ4n) is 4.89. The average molecular weight is 277 g/mol. The van der Waals surface area contributed by atoms with Gasteiger partial charge in [-0.2, -0.15) is 0 Å². The zero-order valence-electron chi connectivity index (χ0n) is 12.3. The van der Waals surface area contributed by atoms with Gasteiger partial charge in [0.05, 0.1) is 5.92 Å². The highest BCUT2D eigenvalue weighted by molar-refractivity contribution is 5.80. The maximum absolute atomic E-state index is 12.4. The molecule has 112 valence electrons. The number of hydrogen-bond donors (Lipinski definition) is 2. The summed E-state index contributed by atoms with van der Waals surface area (Å²) >= 11 is 0. The molecule has 1 aliphatic heterocycles. The molecule has 1 amide bonds. The van der Waals surface area contributed by atoms with Crippen LogP contribution in [0.2, 0.25) is 0 Å². The lowest BCUT2D eigenvalue weighted by molar-refractivity contribution is -0.127. The summed E-state index contributed by atoms with van der Waals surface area (Å²) in [5.41, 5.74) is 6.25. The molecule has 3 aliphatic carbocycles. The van der Waals surface area contributed by atoms with E-state index in [0.717, 1.165) is 12.6 Å². The third kappa shape index (κ3) is 2.27. The Hall–Kier alpha value is -0.610. The molecule has 4 aliphatic rings. The Morgan fingerprint density at radius 3 is 2.65 bits per heavy atom. The Bertz CT molecular complexity index is 393. The number of amides is 1. The summed E-state index contributed by atoms with van der Waals surface area (Å²) in [6.07, 6.45) is 7.68. The van der Waals surface area contributed by atoms with Gasteiger partial charge in [0, 0.05) is 25.2 Å². The summed E-state index contributed by atoms with van der Waals surface area (Å²) in [6, 6.07) is 0.995. The van der Waals surface area contributed by atoms with Crippen molar-refractivity contribution in [1.82, 2.24) is 10.2 Å². The van der Waals surface area contributed by atoms with Gasteiger partial charge in [-0.1, -0.05) is 0 Å². The molecule has 0 aromatic heterocycles. The molecule has 0 radical (unpaired) electrons. The largest absolute Gasteiger partial charge is 0.355 e. The number of fused-ring (bicyclic) bond motifs is 2. The Morgan fingerprint density at radius 1 is 1.15 bits per heavy atom. The second kappa shape index (κ2) is 4.99. The second-order valence-electron chi connectivity index (χ2n) is 7.56. The maximum Gasteiger partial charge on any atom is 0.224 e. The van der Waals surface area contributed by atoms with Crippen LogP contribution in [0.4, 0.5) is 0 Å². The van der Waals surface area contributed by atoms with Crippen LogP contribution < -0.4 is 11.1 Å². The molecule has 0 aromatic rings. The zero-order valence-corrected chi connectivity index (χ0v) is 12.3. The fourth-order valence-corrected chi connectivity index (χ4v) is 4.89. The zero-order chi connectivity index (χ0) is 13.7. The molecular formula is C16H27N3O. The molecule has 4 nitrogen and oxygen atoms in total. The van der Waals surface area contributed by atoms with E-state index >= 15 is 0 Å². The van der Waals surface area contributed by atoms with E-state index in [0.29, 0.717) is 17.8 Å². The van der Waals surface area contributed by atoms with Gasteiger partial charge in [-0.25, -0.2) is 0 Å². The minimum absolute atomic E-state index is 0.106. The van der Waals surface area contributed by atoms with Gasteiger partial charge >= 0.3 is 0 Å². The molecule has 0 spiro atoms. The Morgan fingerprint density at radius 2 is 1.95 bits per heavy atom. The molecular weight excluding hydrogens is 250 g/mol. The first-order valence-electron chi connectivity index (χ1n) is 8.49. The van der Waals surface area contributed by atoms with Crippen LogP contribution in [-0.4, -0.2) is 42.5 Å². The molecule has 5 unspecified atom stereocenters. The van der Waals surface area contributed by atoms with Crippen LogP contribution in [0.5, 0.6) is 0 Å². The van der Waals surface area contributed by atoms with Crippen molar-refractivity contribution in [3.05, 3.63) is 0 Å². The minimum Gasteiger partial charge on any atom is -0.355 e. The van der Waals surface area contributed by atoms with E-state index in [9.17, 15) is 4.79 Å². The number of nitrogens with one attached hydrogen (secondary N) is 1. The molecule has 2 bridgehead atoms. The summed E-state index contributed by atoms with van der Waals surface area (Å²) in [5.74, 6) is 2.20. The Balaban J connectivity index is 1.26. The predicted molar refractivity (Wildman–Crippen MR) is 78.0 cm³/mol. The second-order valence-corrected chi connectivity index (χ2v) is 7.56. The summed E-state index contributed by atoms with van der Waals surface area (Å²) in [4.78, 5) is 15.0. The molecule has 4 rings (SSSR count). The molecule has 4 fully saturated rings. The number of hydrogen-bond acceptors (Lipinski definition) is 3. The summed E-state index contributed by atoms with van der Waals surface area (Å²) in [5, 5.41) is 3.22. The van der Waals surface area contributed by atoms with Crippen molar-refractivity contribution < 1.29 is 4.79 Å². The molecule has 1 heterocycles. The van der Waals surface area contributed by atoms with Gasteiger partial charge in [0.2, 0.25) is 5.91 Å². The number of carbonyl (C=O) groups is 1. The van der Waals surface area contributed by atoms with Gasteiger partial charge in [0.15, 0.2) is 0 Å². The van der Waals surface area contributed by atoms with Crippen LogP contribution in [0.3, 0.4) is 0 Å². The van der Waals surface area contributed by atoms with E-state index in [4.69, 9.17) is 5.73 Å². The number of nitrogens with two attached hydrogens (primary N) is 1. The van der Waals surface area contributed by atoms with Crippen LogP contribution in [0.25, 0.3) is 0 Å². The molecule has 5 atom stereocenters. The monoisotopic (exact) mass is 277 g/mol. The smallest absolute Gasteiger partial charge is 0.224 e. The van der Waals surface area contributed by atoms with Crippen molar-refractivity contribution in [2.75, 3.05) is 19.6 Å². The van der Waals surface area contributed by atoms with E-state index < -0.39 is 0 Å². The number of likely N-dealkylation sites (tertiary alicyclic amines) is 1. The van der Waals surface area contributed by atoms with Gasteiger partial charge in [0.25, 0.3) is 0 Å². The van der Waals surface area contributed by atoms with Gasteiger partial charge in [0.1, 0.15) is 0 Å². The molecule has 4 heteroatoms. The fraction of sp³-hybridized carbons (Fsp3) is 0.938. The first kappa shape index (κ1) is 13.1. The van der Waals surface area contributed by atoms with Crippen LogP contribution >= 0.6 is 0 Å². The van der Waals surface area contributed by atoms with Gasteiger partial charge in [-0.15, -0.1) is 0 Å². The van der Waals surface area contributed by atoms with Crippen molar-refractivity contribution in [2.45, 2.75) is 50.6 Å². The topological polar surface area (TPSA) is 58.4 Å². The average Bonchev–Trinajstić information content (AvgIpc) is 2.88. The van der Waals surface area contributed by atoms with Crippen LogP contribution in [0, 0.1) is 23.7 Å². The highest BCUT2D eigenvalue weighted by Gasteiger charge is 2.49. The number of rotatable bonds is 4. The van der Waals surface area contributed by atoms with E-state index in [-0.39, 0.29) is 17.9 Å². The third-order valence-corrected chi connectivity index (χ3v) is 6.23.